The molecule has 0 spiro atoms. The van der Waals surface area contributed by atoms with Crippen LogP contribution in [0.3, 0.4) is 0 Å². The predicted octanol–water partition coefficient (Wildman–Crippen LogP) is 13.7. The summed E-state index contributed by atoms with van der Waals surface area (Å²) in [5, 5.41) is 25.6. The summed E-state index contributed by atoms with van der Waals surface area (Å²) in [6, 6.07) is 60.7. The van der Waals surface area contributed by atoms with E-state index < -0.39 is 0 Å². The number of nitrogens with zero attached hydrogens (tertiary/aromatic N) is 7. The molecule has 0 radical (unpaired) electrons. The van der Waals surface area contributed by atoms with Crippen molar-refractivity contribution < 1.29 is 0 Å². The zero-order valence-corrected chi connectivity index (χ0v) is 35.7. The van der Waals surface area contributed by atoms with Gasteiger partial charge in [0.1, 0.15) is 0 Å². The Morgan fingerprint density at radius 3 is 1.36 bits per heavy atom. The van der Waals surface area contributed by atoms with Gasteiger partial charge in [0, 0.05) is 27.1 Å². The summed E-state index contributed by atoms with van der Waals surface area (Å²) in [6.45, 7) is 8.47. The molecule has 0 amide bonds. The van der Waals surface area contributed by atoms with Crippen LogP contribution in [0.5, 0.6) is 0 Å². The van der Waals surface area contributed by atoms with Crippen molar-refractivity contribution in [1.29, 1.82) is 10.5 Å². The lowest BCUT2D eigenvalue weighted by atomic mass is 9.95. The fourth-order valence-electron chi connectivity index (χ4n) is 9.35. The molecule has 3 aromatic heterocycles. The monoisotopic (exact) mass is 821 g/mol. The van der Waals surface area contributed by atoms with E-state index in [2.05, 4.69) is 146 Å². The normalized spacial score (nSPS) is 11.4. The number of aryl methyl sites for hydroxylation is 4. The molecule has 7 heteroatoms. The van der Waals surface area contributed by atoms with Gasteiger partial charge in [-0.3, -0.25) is 0 Å². The molecular formula is C57H39N7. The van der Waals surface area contributed by atoms with Crippen LogP contribution in [0.4, 0.5) is 0 Å². The molecule has 0 N–H and O–H groups in total. The van der Waals surface area contributed by atoms with E-state index in [-0.39, 0.29) is 0 Å². The molecule has 0 aliphatic heterocycles. The van der Waals surface area contributed by atoms with E-state index in [1.54, 1.807) is 0 Å². The minimum absolute atomic E-state index is 0.366. The van der Waals surface area contributed by atoms with Gasteiger partial charge in [-0.25, -0.2) is 15.0 Å². The van der Waals surface area contributed by atoms with Crippen LogP contribution in [0.2, 0.25) is 0 Å². The molecule has 0 aliphatic rings. The minimum atomic E-state index is 0.366. The van der Waals surface area contributed by atoms with Crippen molar-refractivity contribution in [1.82, 2.24) is 24.1 Å². The van der Waals surface area contributed by atoms with Gasteiger partial charge < -0.3 is 9.13 Å². The Balaban J connectivity index is 1.28. The third-order valence-corrected chi connectivity index (χ3v) is 12.3. The second kappa shape index (κ2) is 15.1. The molecule has 0 unspecified atom stereocenters. The van der Waals surface area contributed by atoms with E-state index in [9.17, 15) is 10.5 Å². The van der Waals surface area contributed by atoms with Crippen LogP contribution in [0.1, 0.15) is 33.4 Å². The fraction of sp³-hybridized carbons (Fsp3) is 0.0702. The number of hydrogen-bond donors (Lipinski definition) is 0. The third-order valence-electron chi connectivity index (χ3n) is 12.3. The number of nitriles is 2. The smallest absolute Gasteiger partial charge is 0.167 e. The molecule has 3 heterocycles. The number of benzene rings is 8. The van der Waals surface area contributed by atoms with Gasteiger partial charge in [0.2, 0.25) is 0 Å². The van der Waals surface area contributed by atoms with E-state index in [1.165, 1.54) is 11.1 Å². The summed E-state index contributed by atoms with van der Waals surface area (Å²) >= 11 is 0. The highest BCUT2D eigenvalue weighted by Gasteiger charge is 2.26. The Kier molecular flexibility index (Phi) is 9.01. The average Bonchev–Trinajstić information content (AvgIpc) is 3.81. The highest BCUT2D eigenvalue weighted by molar-refractivity contribution is 6.12. The molecule has 0 fully saturated rings. The van der Waals surface area contributed by atoms with Gasteiger partial charge >= 0.3 is 0 Å². The van der Waals surface area contributed by atoms with Gasteiger partial charge in [-0.05, 0) is 118 Å². The maximum Gasteiger partial charge on any atom is 0.167 e. The topological polar surface area (TPSA) is 96.1 Å². The Bertz CT molecular complexity index is 3680. The molecule has 0 saturated heterocycles. The summed E-state index contributed by atoms with van der Waals surface area (Å²) in [5.41, 5.74) is 15.3. The Labute approximate surface area is 370 Å². The SMILES string of the molecule is Cc1ccc2c(c1)c1cc(C)ccc1n2-c1cccc(C#N)c1-c1nc(-c2ccccc2)nc(-c2c(-c3cccc(C#N)c3)cccc2-n2c3ccc(C)cc3c3cc(C)ccc32)n1. The Morgan fingerprint density at radius 1 is 0.391 bits per heavy atom. The maximum absolute atomic E-state index is 11.0. The van der Waals surface area contributed by atoms with Crippen LogP contribution in [0, 0.1) is 50.4 Å². The number of fused-ring (bicyclic) bond motifs is 6. The number of aromatic nitrogens is 5. The average molecular weight is 822 g/mol. The minimum Gasteiger partial charge on any atom is -0.308 e. The van der Waals surface area contributed by atoms with E-state index >= 15 is 0 Å². The van der Waals surface area contributed by atoms with Crippen molar-refractivity contribution in [2.24, 2.45) is 0 Å². The molecule has 0 aliphatic carbocycles. The van der Waals surface area contributed by atoms with E-state index in [0.717, 1.165) is 88.4 Å². The molecule has 0 atom stereocenters. The first-order chi connectivity index (χ1) is 31.3. The quantitative estimate of drug-likeness (QED) is 0.166. The molecule has 11 aromatic rings. The van der Waals surface area contributed by atoms with Gasteiger partial charge in [-0.1, -0.05) is 107 Å². The summed E-state index contributed by atoms with van der Waals surface area (Å²) in [5.74, 6) is 1.26. The van der Waals surface area contributed by atoms with Crippen molar-refractivity contribution >= 4 is 43.6 Å². The van der Waals surface area contributed by atoms with Gasteiger partial charge in [0.05, 0.1) is 67.8 Å². The zero-order chi connectivity index (χ0) is 43.6. The first-order valence-corrected chi connectivity index (χ1v) is 21.3. The zero-order valence-electron chi connectivity index (χ0n) is 35.7. The van der Waals surface area contributed by atoms with Crippen LogP contribution < -0.4 is 0 Å². The highest BCUT2D eigenvalue weighted by Crippen LogP contribution is 2.43. The lowest BCUT2D eigenvalue weighted by molar-refractivity contribution is 1.06. The van der Waals surface area contributed by atoms with E-state index in [4.69, 9.17) is 15.0 Å². The molecule has 0 saturated carbocycles. The third kappa shape index (κ3) is 6.22. The maximum atomic E-state index is 11.0. The lowest BCUT2D eigenvalue weighted by Crippen LogP contribution is -2.07. The van der Waals surface area contributed by atoms with Gasteiger partial charge in [-0.15, -0.1) is 0 Å². The van der Waals surface area contributed by atoms with Crippen molar-refractivity contribution in [3.63, 3.8) is 0 Å². The molecule has 11 rings (SSSR count). The summed E-state index contributed by atoms with van der Waals surface area (Å²) < 4.78 is 4.54. The Hall–Kier alpha value is -8.65. The van der Waals surface area contributed by atoms with Crippen molar-refractivity contribution in [2.75, 3.05) is 0 Å². The first kappa shape index (κ1) is 38.3. The van der Waals surface area contributed by atoms with Crippen LogP contribution in [0.15, 0.2) is 164 Å². The summed E-state index contributed by atoms with van der Waals surface area (Å²) in [6.07, 6.45) is 0. The van der Waals surface area contributed by atoms with Crippen LogP contribution in [-0.2, 0) is 0 Å². The first-order valence-electron chi connectivity index (χ1n) is 21.3. The molecule has 8 aromatic carbocycles. The summed E-state index contributed by atoms with van der Waals surface area (Å²) in [4.78, 5) is 16.1. The van der Waals surface area contributed by atoms with Gasteiger partial charge in [-0.2, -0.15) is 10.5 Å². The van der Waals surface area contributed by atoms with Crippen LogP contribution in [0.25, 0.3) is 100 Å². The number of rotatable bonds is 6. The molecule has 7 nitrogen and oxygen atoms in total. The molecule has 0 bridgehead atoms. The van der Waals surface area contributed by atoms with E-state index in [0.29, 0.717) is 34.2 Å². The Morgan fingerprint density at radius 2 is 0.844 bits per heavy atom. The second-order valence-electron chi connectivity index (χ2n) is 16.6. The predicted molar refractivity (Wildman–Crippen MR) is 259 cm³/mol. The molecular weight excluding hydrogens is 783 g/mol. The van der Waals surface area contributed by atoms with Crippen molar-refractivity contribution in [3.8, 4) is 68.8 Å². The highest BCUT2D eigenvalue weighted by atomic mass is 15.1. The van der Waals surface area contributed by atoms with Crippen LogP contribution in [-0.4, -0.2) is 24.1 Å². The summed E-state index contributed by atoms with van der Waals surface area (Å²) in [7, 11) is 0. The van der Waals surface area contributed by atoms with Crippen molar-refractivity contribution in [2.45, 2.75) is 27.7 Å². The largest absolute Gasteiger partial charge is 0.308 e. The van der Waals surface area contributed by atoms with Gasteiger partial charge in [0.25, 0.3) is 0 Å². The van der Waals surface area contributed by atoms with Crippen molar-refractivity contribution in [3.05, 3.63) is 197 Å². The second-order valence-corrected chi connectivity index (χ2v) is 16.6. The van der Waals surface area contributed by atoms with E-state index in [1.807, 2.05) is 66.7 Å². The number of hydrogen-bond acceptors (Lipinski definition) is 5. The fourth-order valence-corrected chi connectivity index (χ4v) is 9.35. The molecule has 64 heavy (non-hydrogen) atoms. The van der Waals surface area contributed by atoms with Gasteiger partial charge in [0.15, 0.2) is 17.5 Å². The lowest BCUT2D eigenvalue weighted by Gasteiger charge is -2.19. The molecule has 302 valence electrons. The standard InChI is InChI=1S/C57H39N7/c1-34-19-23-47-43(27-34)44-28-35(2)20-24-48(44)63(47)51-17-9-15-41(33-59)53(51)56-60-55(39-12-6-5-7-13-39)61-57(62-56)54-42(40-14-8-11-38(31-40)32-58)16-10-18-52(54)64-49-25-21-36(3)29-45(49)46-30-37(4)22-26-50(46)64/h5-31H,1-4H3. The van der Waals surface area contributed by atoms with Crippen LogP contribution >= 0.6 is 0 Å².